The van der Waals surface area contributed by atoms with Crippen LogP contribution in [-0.2, 0) is 15.7 Å². The van der Waals surface area contributed by atoms with E-state index >= 15 is 0 Å². The van der Waals surface area contributed by atoms with E-state index in [1.165, 1.54) is 6.07 Å². The zero-order valence-electron chi connectivity index (χ0n) is 9.12. The van der Waals surface area contributed by atoms with Crippen LogP contribution in [0.5, 0.6) is 0 Å². The summed E-state index contributed by atoms with van der Waals surface area (Å²) in [5.41, 5.74) is 4.39. The summed E-state index contributed by atoms with van der Waals surface area (Å²) in [4.78, 5) is 11.1. The minimum absolute atomic E-state index is 0. The molecule has 0 saturated heterocycles. The predicted molar refractivity (Wildman–Crippen MR) is 62.6 cm³/mol. The number of hydrogen-bond acceptors (Lipinski definition) is 3. The maximum absolute atomic E-state index is 12.5. The van der Waals surface area contributed by atoms with E-state index < -0.39 is 28.8 Å². The number of rotatable bonds is 2. The molecule has 2 N–H and O–H groups in total. The lowest BCUT2D eigenvalue weighted by Gasteiger charge is -2.14. The molecule has 8 heteroatoms. The molecule has 0 radical (unpaired) electrons. The molecule has 0 saturated carbocycles. The first-order chi connectivity index (χ1) is 7.77. The fourth-order valence-corrected chi connectivity index (χ4v) is 1.44. The molecular formula is C10H10Cl2F3NO2. The molecule has 1 rings (SSSR count). The lowest BCUT2D eigenvalue weighted by atomic mass is 10.0. The van der Waals surface area contributed by atoms with Gasteiger partial charge in [0.25, 0.3) is 0 Å². The van der Waals surface area contributed by atoms with Crippen molar-refractivity contribution in [1.82, 2.24) is 0 Å². The molecule has 0 aromatic heterocycles. The van der Waals surface area contributed by atoms with Crippen LogP contribution < -0.4 is 5.73 Å². The van der Waals surface area contributed by atoms with Crippen LogP contribution in [0, 0.1) is 0 Å². The number of ether oxygens (including phenoxy) is 1. The average Bonchev–Trinajstić information content (AvgIpc) is 2.26. The molecular weight excluding hydrogens is 294 g/mol. The van der Waals surface area contributed by atoms with Crippen LogP contribution >= 0.6 is 24.0 Å². The molecule has 0 aliphatic carbocycles. The van der Waals surface area contributed by atoms with Crippen molar-refractivity contribution >= 4 is 30.0 Å². The zero-order valence-corrected chi connectivity index (χ0v) is 10.7. The Bertz CT molecular complexity index is 438. The van der Waals surface area contributed by atoms with Gasteiger partial charge in [0, 0.05) is 0 Å². The zero-order chi connectivity index (χ0) is 13.2. The van der Waals surface area contributed by atoms with Crippen LogP contribution in [-0.4, -0.2) is 13.1 Å². The number of nitrogens with two attached hydrogens (primary N) is 1. The fraction of sp³-hybridized carbons (Fsp3) is 0.300. The predicted octanol–water partition coefficient (Wildman–Crippen LogP) is 2.95. The van der Waals surface area contributed by atoms with Crippen LogP contribution in [0.1, 0.15) is 17.2 Å². The molecule has 0 heterocycles. The Morgan fingerprint density at radius 3 is 2.44 bits per heavy atom. The van der Waals surface area contributed by atoms with Crippen molar-refractivity contribution < 1.29 is 22.7 Å². The van der Waals surface area contributed by atoms with Gasteiger partial charge >= 0.3 is 12.1 Å². The number of benzene rings is 1. The van der Waals surface area contributed by atoms with Gasteiger partial charge in [-0.15, -0.1) is 12.4 Å². The van der Waals surface area contributed by atoms with Gasteiger partial charge in [-0.25, -0.2) is 0 Å². The van der Waals surface area contributed by atoms with Crippen molar-refractivity contribution in [2.75, 3.05) is 7.11 Å². The lowest BCUT2D eigenvalue weighted by Crippen LogP contribution is -2.23. The third-order valence-corrected chi connectivity index (χ3v) is 2.44. The minimum atomic E-state index is -4.59. The van der Waals surface area contributed by atoms with Gasteiger partial charge in [0.2, 0.25) is 0 Å². The van der Waals surface area contributed by atoms with Crippen LogP contribution in [0.2, 0.25) is 5.02 Å². The highest BCUT2D eigenvalue weighted by molar-refractivity contribution is 6.31. The van der Waals surface area contributed by atoms with Crippen molar-refractivity contribution in [2.45, 2.75) is 12.2 Å². The molecule has 0 aliphatic heterocycles. The number of esters is 1. The molecule has 0 spiro atoms. The summed E-state index contributed by atoms with van der Waals surface area (Å²) in [6.07, 6.45) is -4.59. The van der Waals surface area contributed by atoms with Crippen LogP contribution in [0.4, 0.5) is 13.2 Å². The van der Waals surface area contributed by atoms with E-state index in [4.69, 9.17) is 17.3 Å². The molecule has 0 bridgehead atoms. The van der Waals surface area contributed by atoms with E-state index in [0.717, 1.165) is 19.2 Å². The highest BCUT2D eigenvalue weighted by Gasteiger charge is 2.34. The Hall–Kier alpha value is -0.980. The molecule has 0 fully saturated rings. The number of carbonyl (C=O) groups excluding carboxylic acids is 1. The highest BCUT2D eigenvalue weighted by atomic mass is 35.5. The number of halogens is 5. The second-order valence-electron chi connectivity index (χ2n) is 3.24. The summed E-state index contributed by atoms with van der Waals surface area (Å²) < 4.78 is 41.9. The van der Waals surface area contributed by atoms with E-state index in [1.807, 2.05) is 0 Å². The minimum Gasteiger partial charge on any atom is -0.468 e. The van der Waals surface area contributed by atoms with Gasteiger partial charge in [0.05, 0.1) is 17.7 Å². The van der Waals surface area contributed by atoms with Crippen molar-refractivity contribution in [2.24, 2.45) is 5.73 Å². The third kappa shape index (κ3) is 3.76. The standard InChI is InChI=1S/C10H9ClF3NO2.ClH/c1-17-9(16)8(15)5-2-3-7(11)6(4-5)10(12,13)14;/h2-4,8H,15H2,1H3;1H/t8-;/m0./s1. The molecule has 0 aliphatic rings. The van der Waals surface area contributed by atoms with Gasteiger partial charge in [0.1, 0.15) is 6.04 Å². The Morgan fingerprint density at radius 1 is 1.44 bits per heavy atom. The van der Waals surface area contributed by atoms with Crippen molar-refractivity contribution in [1.29, 1.82) is 0 Å². The Balaban J connectivity index is 0.00000289. The van der Waals surface area contributed by atoms with E-state index in [2.05, 4.69) is 4.74 Å². The molecule has 0 amide bonds. The van der Waals surface area contributed by atoms with Gasteiger partial charge in [0.15, 0.2) is 0 Å². The maximum Gasteiger partial charge on any atom is 0.417 e. The molecule has 1 aromatic rings. The fourth-order valence-electron chi connectivity index (χ4n) is 1.22. The summed E-state index contributed by atoms with van der Waals surface area (Å²) in [7, 11) is 1.10. The second-order valence-corrected chi connectivity index (χ2v) is 3.65. The van der Waals surface area contributed by atoms with E-state index in [0.29, 0.717) is 0 Å². The lowest BCUT2D eigenvalue weighted by molar-refractivity contribution is -0.142. The Morgan fingerprint density at radius 2 is 2.00 bits per heavy atom. The second kappa shape index (κ2) is 6.26. The normalized spacial score (nSPS) is 12.6. The number of carbonyl (C=O) groups is 1. The third-order valence-electron chi connectivity index (χ3n) is 2.11. The van der Waals surface area contributed by atoms with Gasteiger partial charge in [-0.3, -0.25) is 4.79 Å². The van der Waals surface area contributed by atoms with Gasteiger partial charge in [-0.2, -0.15) is 13.2 Å². The van der Waals surface area contributed by atoms with Crippen LogP contribution in [0.25, 0.3) is 0 Å². The summed E-state index contributed by atoms with van der Waals surface area (Å²) in [6.45, 7) is 0. The molecule has 102 valence electrons. The first-order valence-electron chi connectivity index (χ1n) is 4.47. The summed E-state index contributed by atoms with van der Waals surface area (Å²) in [5, 5.41) is -0.446. The van der Waals surface area contributed by atoms with Gasteiger partial charge in [-0.05, 0) is 17.7 Å². The molecule has 1 aromatic carbocycles. The molecule has 1 atom stereocenters. The topological polar surface area (TPSA) is 52.3 Å². The van der Waals surface area contributed by atoms with E-state index in [1.54, 1.807) is 0 Å². The monoisotopic (exact) mass is 303 g/mol. The summed E-state index contributed by atoms with van der Waals surface area (Å²) in [6, 6.07) is 1.77. The van der Waals surface area contributed by atoms with Crippen LogP contribution in [0.3, 0.4) is 0 Å². The van der Waals surface area contributed by atoms with Gasteiger partial charge < -0.3 is 10.5 Å². The molecule has 18 heavy (non-hydrogen) atoms. The maximum atomic E-state index is 12.5. The summed E-state index contributed by atoms with van der Waals surface area (Å²) >= 11 is 5.42. The number of methoxy groups -OCH3 is 1. The first kappa shape index (κ1) is 17.0. The number of alkyl halides is 3. The molecule has 0 unspecified atom stereocenters. The highest BCUT2D eigenvalue weighted by Crippen LogP contribution is 2.35. The van der Waals surface area contributed by atoms with Crippen LogP contribution in [0.15, 0.2) is 18.2 Å². The Labute approximate surface area is 112 Å². The average molecular weight is 304 g/mol. The number of hydrogen-bond donors (Lipinski definition) is 1. The SMILES string of the molecule is COC(=O)[C@@H](N)c1ccc(Cl)c(C(F)(F)F)c1.Cl. The quantitative estimate of drug-likeness (QED) is 0.855. The van der Waals surface area contributed by atoms with Crippen molar-refractivity contribution in [3.05, 3.63) is 34.3 Å². The first-order valence-corrected chi connectivity index (χ1v) is 4.85. The van der Waals surface area contributed by atoms with E-state index in [9.17, 15) is 18.0 Å². The van der Waals surface area contributed by atoms with Crippen molar-refractivity contribution in [3.63, 3.8) is 0 Å². The van der Waals surface area contributed by atoms with Gasteiger partial charge in [-0.1, -0.05) is 17.7 Å². The smallest absolute Gasteiger partial charge is 0.417 e. The summed E-state index contributed by atoms with van der Waals surface area (Å²) in [5.74, 6) is -0.819. The largest absolute Gasteiger partial charge is 0.468 e. The molecule has 3 nitrogen and oxygen atoms in total. The van der Waals surface area contributed by atoms with E-state index in [-0.39, 0.29) is 18.0 Å². The Kier molecular flexibility index (Phi) is 5.92. The van der Waals surface area contributed by atoms with Crippen molar-refractivity contribution in [3.8, 4) is 0 Å².